The fourth-order valence-corrected chi connectivity index (χ4v) is 4.34. The first-order valence-corrected chi connectivity index (χ1v) is 10.5. The van der Waals surface area contributed by atoms with Crippen molar-refractivity contribution in [1.29, 1.82) is 0 Å². The molecule has 138 valence electrons. The Balaban J connectivity index is 1.62. The number of nitrogens with zero attached hydrogens (tertiary/aromatic N) is 3. The largest absolute Gasteiger partial charge is 0.360 e. The molecular formula is C20H26N4OS. The Morgan fingerprint density at radius 1 is 1.31 bits per heavy atom. The zero-order chi connectivity index (χ0) is 17.9. The van der Waals surface area contributed by atoms with Gasteiger partial charge in [-0.25, -0.2) is 4.99 Å². The number of ether oxygens (including phenoxy) is 1. The number of azo groups is 1. The SMILES string of the molecule is CCCSC1=NC2OC(C3CC=C(C)CC3)Nc3ccccc3C2N=N1. The summed E-state index contributed by atoms with van der Waals surface area (Å²) in [5.41, 5.74) is 3.69. The number of amidine groups is 1. The van der Waals surface area contributed by atoms with Gasteiger partial charge in [0.1, 0.15) is 12.3 Å². The molecule has 4 rings (SSSR count). The highest BCUT2D eigenvalue weighted by molar-refractivity contribution is 8.13. The predicted octanol–water partition coefficient (Wildman–Crippen LogP) is 5.53. The highest BCUT2D eigenvalue weighted by Gasteiger charge is 2.37. The monoisotopic (exact) mass is 370 g/mol. The molecule has 3 aliphatic rings. The maximum atomic E-state index is 6.49. The lowest BCUT2D eigenvalue weighted by Gasteiger charge is -2.31. The molecule has 0 aromatic heterocycles. The molecule has 0 saturated carbocycles. The Bertz CT molecular complexity index is 745. The highest BCUT2D eigenvalue weighted by Crippen LogP contribution is 2.40. The molecule has 0 fully saturated rings. The smallest absolute Gasteiger partial charge is 0.206 e. The maximum Gasteiger partial charge on any atom is 0.206 e. The van der Waals surface area contributed by atoms with Crippen molar-refractivity contribution in [1.82, 2.24) is 0 Å². The van der Waals surface area contributed by atoms with E-state index in [0.29, 0.717) is 5.92 Å². The van der Waals surface area contributed by atoms with Crippen LogP contribution in [-0.4, -0.2) is 23.4 Å². The van der Waals surface area contributed by atoms with Gasteiger partial charge in [0.05, 0.1) is 0 Å². The molecule has 26 heavy (non-hydrogen) atoms. The Labute approximate surface area is 159 Å². The zero-order valence-corrected chi connectivity index (χ0v) is 16.2. The molecule has 4 atom stereocenters. The molecule has 1 aromatic rings. The number of allylic oxidation sites excluding steroid dienone is 2. The van der Waals surface area contributed by atoms with Crippen molar-refractivity contribution in [3.05, 3.63) is 41.5 Å². The van der Waals surface area contributed by atoms with E-state index in [2.05, 4.69) is 53.7 Å². The van der Waals surface area contributed by atoms with Crippen LogP contribution < -0.4 is 5.32 Å². The Morgan fingerprint density at radius 3 is 3.00 bits per heavy atom. The average molecular weight is 371 g/mol. The number of thioether (sulfide) groups is 1. The lowest BCUT2D eigenvalue weighted by atomic mass is 9.89. The summed E-state index contributed by atoms with van der Waals surface area (Å²) in [7, 11) is 0. The van der Waals surface area contributed by atoms with Crippen LogP contribution in [0.2, 0.25) is 0 Å². The molecule has 1 aromatic carbocycles. The molecule has 6 heteroatoms. The van der Waals surface area contributed by atoms with Gasteiger partial charge in [-0.2, -0.15) is 5.11 Å². The second-order valence-corrected chi connectivity index (χ2v) is 8.25. The summed E-state index contributed by atoms with van der Waals surface area (Å²) < 4.78 is 6.49. The summed E-state index contributed by atoms with van der Waals surface area (Å²) in [6.07, 6.45) is 6.41. The van der Waals surface area contributed by atoms with E-state index in [1.54, 1.807) is 11.8 Å². The van der Waals surface area contributed by atoms with Crippen molar-refractivity contribution in [3.8, 4) is 0 Å². The molecule has 0 radical (unpaired) electrons. The minimum atomic E-state index is -0.306. The van der Waals surface area contributed by atoms with Gasteiger partial charge < -0.3 is 10.1 Å². The van der Waals surface area contributed by atoms with Crippen molar-refractivity contribution >= 4 is 22.6 Å². The van der Waals surface area contributed by atoms with Crippen molar-refractivity contribution in [3.63, 3.8) is 0 Å². The van der Waals surface area contributed by atoms with Crippen molar-refractivity contribution in [2.45, 2.75) is 58.0 Å². The molecule has 0 amide bonds. The van der Waals surface area contributed by atoms with Gasteiger partial charge in [-0.3, -0.25) is 0 Å². The van der Waals surface area contributed by atoms with Gasteiger partial charge in [0.25, 0.3) is 0 Å². The van der Waals surface area contributed by atoms with E-state index in [4.69, 9.17) is 9.73 Å². The number of rotatable bonds is 3. The third kappa shape index (κ3) is 3.71. The van der Waals surface area contributed by atoms with E-state index in [-0.39, 0.29) is 18.5 Å². The van der Waals surface area contributed by atoms with Crippen LogP contribution in [-0.2, 0) is 4.74 Å². The molecule has 5 nitrogen and oxygen atoms in total. The fourth-order valence-electron chi connectivity index (χ4n) is 3.67. The van der Waals surface area contributed by atoms with Gasteiger partial charge in [0, 0.05) is 22.9 Å². The van der Waals surface area contributed by atoms with E-state index in [9.17, 15) is 0 Å². The van der Waals surface area contributed by atoms with E-state index in [0.717, 1.165) is 47.9 Å². The number of hydrogen-bond acceptors (Lipinski definition) is 6. The number of nitrogens with one attached hydrogen (secondary N) is 1. The molecule has 0 saturated heterocycles. The van der Waals surface area contributed by atoms with E-state index < -0.39 is 0 Å². The van der Waals surface area contributed by atoms with Crippen LogP contribution in [0.4, 0.5) is 5.69 Å². The van der Waals surface area contributed by atoms with Crippen LogP contribution in [0.3, 0.4) is 0 Å². The van der Waals surface area contributed by atoms with Crippen LogP contribution in [0.15, 0.2) is 51.1 Å². The number of benzene rings is 1. The quantitative estimate of drug-likeness (QED) is 0.711. The van der Waals surface area contributed by atoms with Crippen LogP contribution in [0, 0.1) is 5.92 Å². The Kier molecular flexibility index (Phi) is 5.41. The minimum Gasteiger partial charge on any atom is -0.360 e. The summed E-state index contributed by atoms with van der Waals surface area (Å²) in [6.45, 7) is 4.37. The zero-order valence-electron chi connectivity index (χ0n) is 15.4. The van der Waals surface area contributed by atoms with Gasteiger partial charge in [-0.15, -0.1) is 5.11 Å². The van der Waals surface area contributed by atoms with Gasteiger partial charge in [0.2, 0.25) is 5.17 Å². The number of fused-ring (bicyclic) bond motifs is 3. The van der Waals surface area contributed by atoms with Crippen LogP contribution >= 0.6 is 11.8 Å². The summed E-state index contributed by atoms with van der Waals surface area (Å²) >= 11 is 1.66. The summed E-state index contributed by atoms with van der Waals surface area (Å²) in [6, 6.07) is 8.15. The fraction of sp³-hybridized carbons (Fsp3) is 0.550. The summed E-state index contributed by atoms with van der Waals surface area (Å²) in [4.78, 5) is 4.80. The lowest BCUT2D eigenvalue weighted by Crippen LogP contribution is -2.36. The molecule has 2 heterocycles. The van der Waals surface area contributed by atoms with Gasteiger partial charge in [0.15, 0.2) is 6.23 Å². The number of aliphatic imine (C=N–C) groups is 1. The van der Waals surface area contributed by atoms with Crippen LogP contribution in [0.5, 0.6) is 0 Å². The third-order valence-corrected chi connectivity index (χ3v) is 6.24. The minimum absolute atomic E-state index is 0.0509. The van der Waals surface area contributed by atoms with Crippen molar-refractivity contribution in [2.24, 2.45) is 21.1 Å². The Hall–Kier alpha value is -1.66. The molecule has 4 unspecified atom stereocenters. The number of para-hydroxylation sites is 1. The topological polar surface area (TPSA) is 58.3 Å². The third-order valence-electron chi connectivity index (χ3n) is 5.18. The van der Waals surface area contributed by atoms with Gasteiger partial charge >= 0.3 is 0 Å². The molecule has 0 bridgehead atoms. The highest BCUT2D eigenvalue weighted by atomic mass is 32.2. The van der Waals surface area contributed by atoms with E-state index in [1.807, 2.05) is 6.07 Å². The van der Waals surface area contributed by atoms with E-state index >= 15 is 0 Å². The first kappa shape index (κ1) is 17.7. The summed E-state index contributed by atoms with van der Waals surface area (Å²) in [5, 5.41) is 13.3. The molecule has 1 aliphatic carbocycles. The standard InChI is InChI=1S/C20H26N4OS/c1-3-12-26-20-22-19-17(23-24-20)15-6-4-5-7-16(15)21-18(25-19)14-10-8-13(2)9-11-14/h4-8,14,17-19,21H,3,9-12H2,1-2H3. The van der Waals surface area contributed by atoms with Crippen LogP contribution in [0.25, 0.3) is 0 Å². The molecule has 2 aliphatic heterocycles. The number of anilines is 1. The average Bonchev–Trinajstić information content (AvgIpc) is 2.83. The first-order valence-electron chi connectivity index (χ1n) is 9.52. The molecule has 1 N–H and O–H groups in total. The second-order valence-electron chi connectivity index (χ2n) is 7.18. The molecule has 0 spiro atoms. The van der Waals surface area contributed by atoms with Crippen LogP contribution in [0.1, 0.15) is 51.1 Å². The second kappa shape index (κ2) is 7.92. The first-order chi connectivity index (χ1) is 12.7. The van der Waals surface area contributed by atoms with Gasteiger partial charge in [-0.05, 0) is 38.7 Å². The van der Waals surface area contributed by atoms with Crippen molar-refractivity contribution in [2.75, 3.05) is 11.1 Å². The van der Waals surface area contributed by atoms with E-state index in [1.165, 1.54) is 5.57 Å². The number of hydrogen-bond donors (Lipinski definition) is 1. The Morgan fingerprint density at radius 2 is 2.19 bits per heavy atom. The molecular weight excluding hydrogens is 344 g/mol. The van der Waals surface area contributed by atoms with Crippen molar-refractivity contribution < 1.29 is 4.74 Å². The predicted molar refractivity (Wildman–Crippen MR) is 108 cm³/mol. The summed E-state index contributed by atoms with van der Waals surface area (Å²) in [5.74, 6) is 1.45. The normalized spacial score (nSPS) is 30.4. The maximum absolute atomic E-state index is 6.49. The lowest BCUT2D eigenvalue weighted by molar-refractivity contribution is -0.0346. The van der Waals surface area contributed by atoms with Gasteiger partial charge in [-0.1, -0.05) is 48.5 Å².